The first-order valence-electron chi connectivity index (χ1n) is 7.60. The number of para-hydroxylation sites is 1. The Balaban J connectivity index is 1.95. The lowest BCUT2D eigenvalue weighted by molar-refractivity contribution is 0.280. The van der Waals surface area contributed by atoms with Crippen LogP contribution in [0.2, 0.25) is 0 Å². The molecule has 0 aliphatic carbocycles. The van der Waals surface area contributed by atoms with Crippen LogP contribution in [-0.2, 0) is 16.6 Å². The van der Waals surface area contributed by atoms with Crippen LogP contribution < -0.4 is 10.0 Å². The molecule has 0 spiro atoms. The molecule has 2 unspecified atom stereocenters. The fourth-order valence-corrected chi connectivity index (χ4v) is 5.19. The molecule has 0 radical (unpaired) electrons. The van der Waals surface area contributed by atoms with Crippen molar-refractivity contribution in [2.24, 2.45) is 11.7 Å². The molecule has 3 rings (SSSR count). The molecule has 2 atom stereocenters. The third-order valence-electron chi connectivity index (χ3n) is 4.37. The first-order valence-corrected chi connectivity index (χ1v) is 8.99. The van der Waals surface area contributed by atoms with Crippen LogP contribution in [0.1, 0.15) is 25.3 Å². The second-order valence-corrected chi connectivity index (χ2v) is 8.09. The van der Waals surface area contributed by atoms with Gasteiger partial charge in [-0.15, -0.1) is 0 Å². The third-order valence-corrected chi connectivity index (χ3v) is 6.25. The number of benzene rings is 1. The van der Waals surface area contributed by atoms with Crippen molar-refractivity contribution in [3.8, 4) is 0 Å². The average molecular weight is 309 g/mol. The Hall–Kier alpha value is -1.11. The van der Waals surface area contributed by atoms with Crippen molar-refractivity contribution in [3.63, 3.8) is 0 Å². The summed E-state index contributed by atoms with van der Waals surface area (Å²) in [5.41, 5.74) is 7.88. The second-order valence-electron chi connectivity index (χ2n) is 6.24. The molecule has 0 amide bonds. The molecule has 1 fully saturated rings. The highest BCUT2D eigenvalue weighted by atomic mass is 32.2. The summed E-state index contributed by atoms with van der Waals surface area (Å²) in [5.74, 6) is 0.419. The Morgan fingerprint density at radius 2 is 2.00 bits per heavy atom. The van der Waals surface area contributed by atoms with Gasteiger partial charge in [0.15, 0.2) is 0 Å². The van der Waals surface area contributed by atoms with Crippen LogP contribution in [0, 0.1) is 5.92 Å². The Labute approximate surface area is 126 Å². The molecule has 1 aromatic carbocycles. The molecule has 116 valence electrons. The number of rotatable bonds is 2. The zero-order valence-corrected chi connectivity index (χ0v) is 13.2. The lowest BCUT2D eigenvalue weighted by Crippen LogP contribution is -2.53. The van der Waals surface area contributed by atoms with Gasteiger partial charge in [0, 0.05) is 19.1 Å². The van der Waals surface area contributed by atoms with Crippen LogP contribution in [0.15, 0.2) is 24.3 Å². The van der Waals surface area contributed by atoms with E-state index in [0.717, 1.165) is 30.5 Å². The molecule has 2 N–H and O–H groups in total. The zero-order valence-electron chi connectivity index (χ0n) is 12.4. The molecule has 21 heavy (non-hydrogen) atoms. The fourth-order valence-electron chi connectivity index (χ4n) is 3.30. The van der Waals surface area contributed by atoms with Crippen molar-refractivity contribution in [1.82, 2.24) is 4.31 Å². The highest BCUT2D eigenvalue weighted by molar-refractivity contribution is 7.90. The van der Waals surface area contributed by atoms with Gasteiger partial charge in [0.25, 0.3) is 0 Å². The van der Waals surface area contributed by atoms with Gasteiger partial charge in [0.1, 0.15) is 0 Å². The summed E-state index contributed by atoms with van der Waals surface area (Å²) in [7, 11) is -3.48. The van der Waals surface area contributed by atoms with Crippen molar-refractivity contribution in [1.29, 1.82) is 0 Å². The molecule has 6 heteroatoms. The zero-order chi connectivity index (χ0) is 15.0. The molecule has 0 saturated carbocycles. The molecular formula is C15H23N3O2S. The lowest BCUT2D eigenvalue weighted by atomic mass is 10.0. The summed E-state index contributed by atoms with van der Waals surface area (Å²) >= 11 is 0. The van der Waals surface area contributed by atoms with E-state index in [9.17, 15) is 8.42 Å². The van der Waals surface area contributed by atoms with Crippen LogP contribution in [0.25, 0.3) is 0 Å². The van der Waals surface area contributed by atoms with Crippen LogP contribution in [-0.4, -0.2) is 38.4 Å². The van der Waals surface area contributed by atoms with E-state index in [1.807, 2.05) is 24.3 Å². The number of anilines is 1. The number of nitrogens with two attached hydrogens (primary N) is 1. The summed E-state index contributed by atoms with van der Waals surface area (Å²) in [6.45, 7) is 3.69. The van der Waals surface area contributed by atoms with E-state index in [2.05, 4.69) is 6.92 Å². The van der Waals surface area contributed by atoms with Crippen LogP contribution in [0.3, 0.4) is 0 Å². The largest absolute Gasteiger partial charge is 0.326 e. The van der Waals surface area contributed by atoms with Crippen LogP contribution in [0.5, 0.6) is 0 Å². The van der Waals surface area contributed by atoms with E-state index >= 15 is 0 Å². The van der Waals surface area contributed by atoms with E-state index in [1.165, 1.54) is 4.31 Å². The highest BCUT2D eigenvalue weighted by Gasteiger charge is 2.36. The maximum absolute atomic E-state index is 13.0. The molecular weight excluding hydrogens is 286 g/mol. The highest BCUT2D eigenvalue weighted by Crippen LogP contribution is 2.31. The maximum atomic E-state index is 13.0. The van der Waals surface area contributed by atoms with Gasteiger partial charge in [-0.3, -0.25) is 4.31 Å². The van der Waals surface area contributed by atoms with E-state index in [1.54, 1.807) is 4.31 Å². The molecule has 0 aromatic heterocycles. The molecule has 0 bridgehead atoms. The number of fused-ring (bicyclic) bond motifs is 1. The van der Waals surface area contributed by atoms with Crippen molar-refractivity contribution in [2.45, 2.75) is 32.2 Å². The smallest absolute Gasteiger partial charge is 0.304 e. The summed E-state index contributed by atoms with van der Waals surface area (Å²) in [4.78, 5) is 0. The summed E-state index contributed by atoms with van der Waals surface area (Å²) in [6.07, 6.45) is 2.77. The molecule has 1 saturated heterocycles. The Morgan fingerprint density at radius 3 is 2.76 bits per heavy atom. The van der Waals surface area contributed by atoms with Crippen molar-refractivity contribution in [2.75, 3.05) is 23.9 Å². The maximum Gasteiger partial charge on any atom is 0.304 e. The summed E-state index contributed by atoms with van der Waals surface area (Å²) in [6, 6.07) is 7.53. The standard InChI is InChI=1S/C15H23N3O2S/c1-12-5-4-8-17(10-12)21(19,20)18-11-14(16)9-13-6-2-3-7-15(13)18/h2-3,6-7,12,14H,4-5,8-11,16H2,1H3. The normalized spacial score (nSPS) is 27.4. The van der Waals surface area contributed by atoms with Crippen molar-refractivity contribution < 1.29 is 8.42 Å². The first kappa shape index (κ1) is 14.8. The Morgan fingerprint density at radius 1 is 1.24 bits per heavy atom. The second kappa shape index (κ2) is 5.59. The van der Waals surface area contributed by atoms with E-state index < -0.39 is 10.2 Å². The van der Waals surface area contributed by atoms with E-state index in [4.69, 9.17) is 5.73 Å². The van der Waals surface area contributed by atoms with Gasteiger partial charge >= 0.3 is 10.2 Å². The summed E-state index contributed by atoms with van der Waals surface area (Å²) in [5, 5.41) is 0. The minimum Gasteiger partial charge on any atom is -0.326 e. The average Bonchev–Trinajstić information content (AvgIpc) is 2.46. The quantitative estimate of drug-likeness (QED) is 0.897. The van der Waals surface area contributed by atoms with Gasteiger partial charge in [-0.1, -0.05) is 25.1 Å². The third kappa shape index (κ3) is 2.80. The number of hydrogen-bond donors (Lipinski definition) is 1. The van der Waals surface area contributed by atoms with Gasteiger partial charge < -0.3 is 5.73 Å². The Kier molecular flexibility index (Phi) is 3.94. The van der Waals surface area contributed by atoms with Gasteiger partial charge in [-0.2, -0.15) is 12.7 Å². The monoisotopic (exact) mass is 309 g/mol. The van der Waals surface area contributed by atoms with Crippen molar-refractivity contribution >= 4 is 15.9 Å². The van der Waals surface area contributed by atoms with Gasteiger partial charge in [0.05, 0.1) is 12.2 Å². The lowest BCUT2D eigenvalue weighted by Gasteiger charge is -2.39. The predicted octanol–water partition coefficient (Wildman–Crippen LogP) is 1.35. The molecule has 2 aliphatic heterocycles. The molecule has 2 heterocycles. The molecule has 2 aliphatic rings. The number of nitrogens with zero attached hydrogens (tertiary/aromatic N) is 2. The van der Waals surface area contributed by atoms with Crippen LogP contribution >= 0.6 is 0 Å². The minimum atomic E-state index is -3.48. The van der Waals surface area contributed by atoms with Gasteiger partial charge in [-0.25, -0.2) is 0 Å². The minimum absolute atomic E-state index is 0.142. The Bertz CT molecular complexity index is 617. The van der Waals surface area contributed by atoms with Crippen molar-refractivity contribution in [3.05, 3.63) is 29.8 Å². The predicted molar refractivity (Wildman–Crippen MR) is 84.4 cm³/mol. The SMILES string of the molecule is CC1CCCN(S(=O)(=O)N2CC(N)Cc3ccccc32)C1. The topological polar surface area (TPSA) is 66.6 Å². The van der Waals surface area contributed by atoms with Crippen LogP contribution in [0.4, 0.5) is 5.69 Å². The fraction of sp³-hybridized carbons (Fsp3) is 0.600. The molecule has 1 aromatic rings. The molecule has 5 nitrogen and oxygen atoms in total. The summed E-state index contributed by atoms with van der Waals surface area (Å²) < 4.78 is 29.1. The van der Waals surface area contributed by atoms with E-state index in [0.29, 0.717) is 25.6 Å². The number of piperidine rings is 1. The van der Waals surface area contributed by atoms with Gasteiger partial charge in [-0.05, 0) is 36.8 Å². The van der Waals surface area contributed by atoms with E-state index in [-0.39, 0.29) is 6.04 Å². The van der Waals surface area contributed by atoms with Gasteiger partial charge in [0.2, 0.25) is 0 Å². The number of hydrogen-bond acceptors (Lipinski definition) is 3. The first-order chi connectivity index (χ1) is 9.98.